The summed E-state index contributed by atoms with van der Waals surface area (Å²) < 4.78 is 99.8. The number of aliphatic hydroxyl groups is 1. The summed E-state index contributed by atoms with van der Waals surface area (Å²) in [6.07, 6.45) is -12.4. The Labute approximate surface area is 213 Å². The molecule has 0 radical (unpaired) electrons. The van der Waals surface area contributed by atoms with E-state index >= 15 is 0 Å². The fourth-order valence-electron chi connectivity index (χ4n) is 3.30. The summed E-state index contributed by atoms with van der Waals surface area (Å²) in [6, 6.07) is 8.27. The number of halogens is 6. The number of nitrogens with zero attached hydrogens (tertiary/aromatic N) is 3. The summed E-state index contributed by atoms with van der Waals surface area (Å²) in [7, 11) is 0. The van der Waals surface area contributed by atoms with Crippen LogP contribution in [0, 0.1) is 0 Å². The number of hydrogen-bond acceptors (Lipinski definition) is 8. The van der Waals surface area contributed by atoms with Gasteiger partial charge >= 0.3 is 12.4 Å². The van der Waals surface area contributed by atoms with Crippen molar-refractivity contribution in [2.75, 3.05) is 5.73 Å². The first-order valence-electron chi connectivity index (χ1n) is 11.2. The van der Waals surface area contributed by atoms with Crippen LogP contribution in [-0.4, -0.2) is 38.7 Å². The van der Waals surface area contributed by atoms with E-state index in [-0.39, 0.29) is 0 Å². The van der Waals surface area contributed by atoms with Gasteiger partial charge in [-0.25, -0.2) is 4.98 Å². The highest BCUT2D eigenvalue weighted by molar-refractivity contribution is 5.68. The van der Waals surface area contributed by atoms with Crippen molar-refractivity contribution in [1.29, 1.82) is 0 Å². The third-order valence-corrected chi connectivity index (χ3v) is 5.53. The molecule has 0 fully saturated rings. The zero-order valence-corrected chi connectivity index (χ0v) is 20.2. The van der Waals surface area contributed by atoms with Crippen LogP contribution in [0.1, 0.15) is 37.3 Å². The van der Waals surface area contributed by atoms with E-state index in [4.69, 9.17) is 19.6 Å². The van der Waals surface area contributed by atoms with Crippen molar-refractivity contribution >= 4 is 5.69 Å². The van der Waals surface area contributed by atoms with Gasteiger partial charge in [0.2, 0.25) is 5.88 Å². The minimum Gasteiger partial charge on any atom is -0.474 e. The number of nitrogen functional groups attached to an aromatic ring is 1. The van der Waals surface area contributed by atoms with Gasteiger partial charge in [-0.3, -0.25) is 0 Å². The van der Waals surface area contributed by atoms with Crippen LogP contribution < -0.4 is 10.5 Å². The lowest BCUT2D eigenvalue weighted by molar-refractivity contribution is -0.319. The molecule has 0 bridgehead atoms. The number of aromatic nitrogens is 3. The quantitative estimate of drug-likeness (QED) is 0.255. The maximum atomic E-state index is 14.5. The minimum absolute atomic E-state index is 0.329. The predicted octanol–water partition coefficient (Wildman–Crippen LogP) is 5.43. The highest BCUT2D eigenvalue weighted by Gasteiger charge is 2.65. The molecule has 3 N–H and O–H groups in total. The highest BCUT2D eigenvalue weighted by Crippen LogP contribution is 2.46. The number of ether oxygens (including phenoxy) is 2. The van der Waals surface area contributed by atoms with Gasteiger partial charge in [-0.15, -0.1) is 16.8 Å². The number of benzene rings is 1. The number of anilines is 1. The molecule has 3 aromatic rings. The van der Waals surface area contributed by atoms with Crippen molar-refractivity contribution < 1.29 is 45.3 Å². The average Bonchev–Trinajstić information content (AvgIpc) is 3.34. The molecule has 2 aromatic heterocycles. The standard InChI is InChI=1S/C24H24F6N4O4/c1-4-13(3)37-19-15(23(25,26)27)11-16(31)18(32-19)20-33-34-21(38-20)22(17(35)5-2,24(28,29)30)36-12-14-9-7-6-8-10-14/h5-11,13,17,35H,2,4,12,31H2,1,3H3/t13-,17?,22?/m1/s1. The van der Waals surface area contributed by atoms with Crippen molar-refractivity contribution in [3.05, 3.63) is 66.1 Å². The van der Waals surface area contributed by atoms with E-state index < -0.39 is 71.4 Å². The van der Waals surface area contributed by atoms with Gasteiger partial charge in [0.05, 0.1) is 18.4 Å². The molecule has 3 rings (SSSR count). The maximum Gasteiger partial charge on any atom is 0.429 e. The third kappa shape index (κ3) is 5.75. The van der Waals surface area contributed by atoms with Crippen LogP contribution in [0.15, 0.2) is 53.5 Å². The Balaban J connectivity index is 2.14. The Morgan fingerprint density at radius 1 is 1.13 bits per heavy atom. The molecule has 8 nitrogen and oxygen atoms in total. The Kier molecular flexibility index (Phi) is 8.36. The third-order valence-electron chi connectivity index (χ3n) is 5.53. The summed E-state index contributed by atoms with van der Waals surface area (Å²) in [6.45, 7) is 5.74. The van der Waals surface area contributed by atoms with Crippen LogP contribution in [0.25, 0.3) is 11.6 Å². The van der Waals surface area contributed by atoms with Gasteiger partial charge in [-0.1, -0.05) is 43.3 Å². The van der Waals surface area contributed by atoms with Gasteiger partial charge in [-0.05, 0) is 25.0 Å². The van der Waals surface area contributed by atoms with Crippen LogP contribution >= 0.6 is 0 Å². The lowest BCUT2D eigenvalue weighted by Crippen LogP contribution is -2.53. The summed E-state index contributed by atoms with van der Waals surface area (Å²) >= 11 is 0. The molecule has 0 aliphatic heterocycles. The van der Waals surface area contributed by atoms with E-state index in [2.05, 4.69) is 21.8 Å². The molecule has 206 valence electrons. The molecule has 3 atom stereocenters. The zero-order chi connectivity index (χ0) is 28.3. The second kappa shape index (κ2) is 11.0. The Morgan fingerprint density at radius 2 is 1.79 bits per heavy atom. The Hall–Kier alpha value is -3.65. The second-order valence-corrected chi connectivity index (χ2v) is 8.21. The first-order valence-corrected chi connectivity index (χ1v) is 11.2. The largest absolute Gasteiger partial charge is 0.474 e. The molecule has 0 aliphatic carbocycles. The first kappa shape index (κ1) is 28.9. The predicted molar refractivity (Wildman–Crippen MR) is 122 cm³/mol. The average molecular weight is 546 g/mol. The van der Waals surface area contributed by atoms with E-state index in [1.807, 2.05) is 0 Å². The number of hydrogen-bond donors (Lipinski definition) is 2. The molecule has 2 heterocycles. The first-order chi connectivity index (χ1) is 17.7. The highest BCUT2D eigenvalue weighted by atomic mass is 19.4. The SMILES string of the molecule is C=CC(O)C(OCc1ccccc1)(c1nnc(-c2nc(O[C@H](C)CC)c(C(F)(F)F)cc2N)o1)C(F)(F)F. The number of rotatable bonds is 10. The molecule has 0 spiro atoms. The summed E-state index contributed by atoms with van der Waals surface area (Å²) in [5.41, 5.74) is 0.0336. The van der Waals surface area contributed by atoms with Crippen LogP contribution in [0.2, 0.25) is 0 Å². The molecule has 1 aromatic carbocycles. The monoisotopic (exact) mass is 546 g/mol. The van der Waals surface area contributed by atoms with Gasteiger partial charge in [0.1, 0.15) is 11.7 Å². The van der Waals surface area contributed by atoms with Crippen molar-refractivity contribution in [2.45, 2.75) is 57.0 Å². The van der Waals surface area contributed by atoms with Crippen LogP contribution in [-0.2, 0) is 23.1 Å². The number of alkyl halides is 6. The maximum absolute atomic E-state index is 14.5. The zero-order valence-electron chi connectivity index (χ0n) is 20.2. The molecule has 14 heteroatoms. The van der Waals surface area contributed by atoms with Crippen molar-refractivity contribution in [2.24, 2.45) is 0 Å². The van der Waals surface area contributed by atoms with Gasteiger partial charge in [-0.2, -0.15) is 26.3 Å². The molecule has 2 unspecified atom stereocenters. The smallest absolute Gasteiger partial charge is 0.429 e. The molecular formula is C24H24F6N4O4. The lowest BCUT2D eigenvalue weighted by Gasteiger charge is -2.35. The topological polar surface area (TPSA) is 117 Å². The van der Waals surface area contributed by atoms with E-state index in [1.54, 1.807) is 25.1 Å². The minimum atomic E-state index is -5.32. The van der Waals surface area contributed by atoms with Crippen LogP contribution in [0.3, 0.4) is 0 Å². The van der Waals surface area contributed by atoms with E-state index in [0.717, 1.165) is 0 Å². The molecule has 0 amide bonds. The van der Waals surface area contributed by atoms with E-state index in [1.165, 1.54) is 19.1 Å². The lowest BCUT2D eigenvalue weighted by atomic mass is 9.95. The van der Waals surface area contributed by atoms with E-state index in [9.17, 15) is 31.4 Å². The molecule has 0 saturated carbocycles. The normalized spacial score (nSPS) is 15.5. The number of nitrogens with two attached hydrogens (primary N) is 1. The fourth-order valence-corrected chi connectivity index (χ4v) is 3.30. The van der Waals surface area contributed by atoms with Crippen LogP contribution in [0.4, 0.5) is 32.0 Å². The molecule has 0 saturated heterocycles. The van der Waals surface area contributed by atoms with Gasteiger partial charge in [0.15, 0.2) is 5.69 Å². The van der Waals surface area contributed by atoms with E-state index in [0.29, 0.717) is 24.1 Å². The van der Waals surface area contributed by atoms with Gasteiger partial charge < -0.3 is 24.7 Å². The fraction of sp³-hybridized carbons (Fsp3) is 0.375. The number of aliphatic hydroxyl groups excluding tert-OH is 1. The van der Waals surface area contributed by atoms with Gasteiger partial charge in [0.25, 0.3) is 17.4 Å². The number of pyridine rings is 1. The Morgan fingerprint density at radius 3 is 2.34 bits per heavy atom. The van der Waals surface area contributed by atoms with Crippen molar-refractivity contribution in [3.63, 3.8) is 0 Å². The second-order valence-electron chi connectivity index (χ2n) is 8.21. The summed E-state index contributed by atoms with van der Waals surface area (Å²) in [5.74, 6) is -2.87. The van der Waals surface area contributed by atoms with Crippen molar-refractivity contribution in [3.8, 4) is 17.5 Å². The summed E-state index contributed by atoms with van der Waals surface area (Å²) in [5, 5.41) is 17.3. The molecule has 0 aliphatic rings. The van der Waals surface area contributed by atoms with Gasteiger partial charge in [0, 0.05) is 0 Å². The molecule has 38 heavy (non-hydrogen) atoms. The van der Waals surface area contributed by atoms with Crippen molar-refractivity contribution in [1.82, 2.24) is 15.2 Å². The Bertz CT molecular complexity index is 1250. The molecular weight excluding hydrogens is 522 g/mol. The van der Waals surface area contributed by atoms with Crippen LogP contribution in [0.5, 0.6) is 5.88 Å². The summed E-state index contributed by atoms with van der Waals surface area (Å²) in [4.78, 5) is 3.74.